The van der Waals surface area contributed by atoms with Gasteiger partial charge in [0.1, 0.15) is 0 Å². The van der Waals surface area contributed by atoms with E-state index in [0.29, 0.717) is 28.8 Å². The molecule has 152 valence electrons. The molecule has 0 saturated heterocycles. The molecule has 1 N–H and O–H groups in total. The monoisotopic (exact) mass is 403 g/mol. The van der Waals surface area contributed by atoms with Crippen LogP contribution in [0.2, 0.25) is 0 Å². The predicted molar refractivity (Wildman–Crippen MR) is 110 cm³/mol. The molecule has 1 amide bonds. The minimum absolute atomic E-state index is 0.160. The van der Waals surface area contributed by atoms with Gasteiger partial charge in [0.2, 0.25) is 0 Å². The van der Waals surface area contributed by atoms with Crippen molar-refractivity contribution in [1.29, 1.82) is 0 Å². The van der Waals surface area contributed by atoms with Crippen molar-refractivity contribution in [1.82, 2.24) is 30.1 Å². The first-order valence-electron chi connectivity index (χ1n) is 9.82. The van der Waals surface area contributed by atoms with Crippen LogP contribution in [0.25, 0.3) is 17.1 Å². The number of benzene rings is 1. The summed E-state index contributed by atoms with van der Waals surface area (Å²) in [6.45, 7) is 0.265. The standard InChI is InChI=1S/C21H21N7O2/c1-27(2)16-7-5-14(6-8-16)20(29)22-12-18-25-24-17-11-15(9-10-28(17)18)21-23-19(26-30-21)13-3-4-13/h5-11,13H,3-4,12H2,1-2H3,(H,22,29). The summed E-state index contributed by atoms with van der Waals surface area (Å²) in [5, 5.41) is 15.4. The van der Waals surface area contributed by atoms with E-state index in [4.69, 9.17) is 4.52 Å². The van der Waals surface area contributed by atoms with Crippen LogP contribution in [0.15, 0.2) is 47.1 Å². The first kappa shape index (κ1) is 18.3. The first-order valence-corrected chi connectivity index (χ1v) is 9.82. The Morgan fingerprint density at radius 3 is 2.73 bits per heavy atom. The van der Waals surface area contributed by atoms with E-state index >= 15 is 0 Å². The van der Waals surface area contributed by atoms with Crippen molar-refractivity contribution in [3.63, 3.8) is 0 Å². The van der Waals surface area contributed by atoms with Crippen molar-refractivity contribution in [3.8, 4) is 11.5 Å². The van der Waals surface area contributed by atoms with Crippen molar-refractivity contribution in [2.45, 2.75) is 25.3 Å². The molecule has 1 aliphatic carbocycles. The van der Waals surface area contributed by atoms with Gasteiger partial charge in [0.05, 0.1) is 6.54 Å². The number of pyridine rings is 1. The van der Waals surface area contributed by atoms with Gasteiger partial charge in [-0.2, -0.15) is 4.98 Å². The van der Waals surface area contributed by atoms with Gasteiger partial charge < -0.3 is 14.7 Å². The third kappa shape index (κ3) is 3.49. The third-order valence-corrected chi connectivity index (χ3v) is 5.16. The second kappa shape index (κ2) is 7.25. The maximum absolute atomic E-state index is 12.4. The van der Waals surface area contributed by atoms with Crippen LogP contribution in [0.4, 0.5) is 5.69 Å². The summed E-state index contributed by atoms with van der Waals surface area (Å²) in [5.74, 6) is 2.17. The van der Waals surface area contributed by atoms with Gasteiger partial charge in [0.15, 0.2) is 17.3 Å². The quantitative estimate of drug-likeness (QED) is 0.528. The highest BCUT2D eigenvalue weighted by molar-refractivity contribution is 5.94. The van der Waals surface area contributed by atoms with Crippen LogP contribution in [0.3, 0.4) is 0 Å². The van der Waals surface area contributed by atoms with Gasteiger partial charge >= 0.3 is 0 Å². The van der Waals surface area contributed by atoms with E-state index in [-0.39, 0.29) is 12.5 Å². The number of nitrogens with one attached hydrogen (secondary N) is 1. The molecule has 5 rings (SSSR count). The summed E-state index contributed by atoms with van der Waals surface area (Å²) in [6, 6.07) is 11.2. The lowest BCUT2D eigenvalue weighted by Crippen LogP contribution is -2.24. The molecule has 1 saturated carbocycles. The van der Waals surface area contributed by atoms with Crippen LogP contribution in [-0.2, 0) is 6.54 Å². The van der Waals surface area contributed by atoms with E-state index in [1.807, 2.05) is 53.9 Å². The minimum Gasteiger partial charge on any atom is -0.378 e. The molecule has 0 aliphatic heterocycles. The van der Waals surface area contributed by atoms with Crippen molar-refractivity contribution >= 4 is 17.2 Å². The lowest BCUT2D eigenvalue weighted by atomic mass is 10.2. The maximum Gasteiger partial charge on any atom is 0.258 e. The zero-order valence-electron chi connectivity index (χ0n) is 16.7. The Hall–Kier alpha value is -3.75. The topological polar surface area (TPSA) is 101 Å². The number of anilines is 1. The highest BCUT2D eigenvalue weighted by Crippen LogP contribution is 2.38. The summed E-state index contributed by atoms with van der Waals surface area (Å²) < 4.78 is 7.21. The fourth-order valence-corrected chi connectivity index (χ4v) is 3.23. The number of nitrogens with zero attached hydrogens (tertiary/aromatic N) is 6. The fraction of sp³-hybridized carbons (Fsp3) is 0.286. The van der Waals surface area contributed by atoms with E-state index in [1.165, 1.54) is 0 Å². The van der Waals surface area contributed by atoms with Gasteiger partial charge in [-0.15, -0.1) is 10.2 Å². The largest absolute Gasteiger partial charge is 0.378 e. The molecule has 0 atom stereocenters. The Morgan fingerprint density at radius 1 is 1.20 bits per heavy atom. The lowest BCUT2D eigenvalue weighted by Gasteiger charge is -2.12. The molecule has 1 fully saturated rings. The number of amides is 1. The zero-order valence-corrected chi connectivity index (χ0v) is 16.7. The molecule has 9 heteroatoms. The molecule has 3 heterocycles. The van der Waals surface area contributed by atoms with Gasteiger partial charge in [0.25, 0.3) is 11.8 Å². The van der Waals surface area contributed by atoms with Gasteiger partial charge in [-0.1, -0.05) is 5.16 Å². The Balaban J connectivity index is 1.29. The molecule has 3 aromatic heterocycles. The average Bonchev–Trinajstić information content (AvgIpc) is 3.35. The molecule has 4 aromatic rings. The fourth-order valence-electron chi connectivity index (χ4n) is 3.23. The van der Waals surface area contributed by atoms with Crippen LogP contribution >= 0.6 is 0 Å². The lowest BCUT2D eigenvalue weighted by molar-refractivity contribution is 0.0950. The summed E-state index contributed by atoms with van der Waals surface area (Å²) in [6.07, 6.45) is 4.09. The van der Waals surface area contributed by atoms with Gasteiger partial charge in [-0.25, -0.2) is 0 Å². The molecular weight excluding hydrogens is 382 g/mol. The van der Waals surface area contributed by atoms with Crippen molar-refractivity contribution in [2.24, 2.45) is 0 Å². The highest BCUT2D eigenvalue weighted by atomic mass is 16.5. The number of carbonyl (C=O) groups is 1. The number of fused-ring (bicyclic) bond motifs is 1. The maximum atomic E-state index is 12.4. The van der Waals surface area contributed by atoms with E-state index < -0.39 is 0 Å². The Bertz CT molecular complexity index is 1210. The predicted octanol–water partition coefficient (Wildman–Crippen LogP) is 2.65. The second-order valence-corrected chi connectivity index (χ2v) is 7.62. The Labute approximate surface area is 172 Å². The SMILES string of the molecule is CN(C)c1ccc(C(=O)NCc2nnc3cc(-c4nc(C5CC5)no4)ccn23)cc1. The van der Waals surface area contributed by atoms with Gasteiger partial charge in [0, 0.05) is 43.0 Å². The number of hydrogen-bond donors (Lipinski definition) is 1. The third-order valence-electron chi connectivity index (χ3n) is 5.16. The van der Waals surface area contributed by atoms with Crippen LogP contribution < -0.4 is 10.2 Å². The number of rotatable bonds is 6. The summed E-state index contributed by atoms with van der Waals surface area (Å²) in [4.78, 5) is 18.9. The number of hydrogen-bond acceptors (Lipinski definition) is 7. The normalized spacial score (nSPS) is 13.5. The summed E-state index contributed by atoms with van der Waals surface area (Å²) in [7, 11) is 3.92. The summed E-state index contributed by atoms with van der Waals surface area (Å²) >= 11 is 0. The van der Waals surface area contributed by atoms with Gasteiger partial charge in [-0.05, 0) is 49.2 Å². The van der Waals surface area contributed by atoms with Crippen molar-refractivity contribution < 1.29 is 9.32 Å². The smallest absolute Gasteiger partial charge is 0.258 e. The molecule has 1 aliphatic rings. The Morgan fingerprint density at radius 2 is 2.00 bits per heavy atom. The second-order valence-electron chi connectivity index (χ2n) is 7.62. The molecule has 30 heavy (non-hydrogen) atoms. The minimum atomic E-state index is -0.160. The molecular formula is C21H21N7O2. The first-order chi connectivity index (χ1) is 14.6. The molecule has 0 bridgehead atoms. The molecule has 9 nitrogen and oxygen atoms in total. The van der Waals surface area contributed by atoms with E-state index in [1.54, 1.807) is 12.1 Å². The highest BCUT2D eigenvalue weighted by Gasteiger charge is 2.29. The van der Waals surface area contributed by atoms with Crippen molar-refractivity contribution in [2.75, 3.05) is 19.0 Å². The molecule has 0 unspecified atom stereocenters. The van der Waals surface area contributed by atoms with E-state index in [0.717, 1.165) is 29.9 Å². The molecule has 1 aromatic carbocycles. The number of aromatic nitrogens is 5. The number of carbonyl (C=O) groups excluding carboxylic acids is 1. The molecule has 0 radical (unpaired) electrons. The zero-order chi connectivity index (χ0) is 20.7. The van der Waals surface area contributed by atoms with Crippen LogP contribution in [0, 0.1) is 0 Å². The van der Waals surface area contributed by atoms with E-state index in [2.05, 4.69) is 25.7 Å². The van der Waals surface area contributed by atoms with Crippen LogP contribution in [-0.4, -0.2) is 44.7 Å². The average molecular weight is 403 g/mol. The van der Waals surface area contributed by atoms with Crippen LogP contribution in [0.5, 0.6) is 0 Å². The van der Waals surface area contributed by atoms with Crippen molar-refractivity contribution in [3.05, 3.63) is 59.8 Å². The van der Waals surface area contributed by atoms with E-state index in [9.17, 15) is 4.79 Å². The summed E-state index contributed by atoms with van der Waals surface area (Å²) in [5.41, 5.74) is 3.08. The Kier molecular flexibility index (Phi) is 4.42. The van der Waals surface area contributed by atoms with Gasteiger partial charge in [-0.3, -0.25) is 9.20 Å². The molecule has 0 spiro atoms. The van der Waals surface area contributed by atoms with Crippen LogP contribution in [0.1, 0.15) is 40.8 Å².